The summed E-state index contributed by atoms with van der Waals surface area (Å²) in [6, 6.07) is -0.122. The largest absolute Gasteiger partial charge is 0.330 e. The van der Waals surface area contributed by atoms with Crippen molar-refractivity contribution in [1.82, 2.24) is 4.72 Å². The van der Waals surface area contributed by atoms with Gasteiger partial charge in [-0.2, -0.15) is 0 Å². The lowest BCUT2D eigenvalue weighted by atomic mass is 10.1. The van der Waals surface area contributed by atoms with Crippen LogP contribution < -0.4 is 10.5 Å². The number of hydrogen-bond acceptors (Lipinski definition) is 5. The minimum atomic E-state index is -3.54. The maximum absolute atomic E-state index is 12.1. The summed E-state index contributed by atoms with van der Waals surface area (Å²) in [7, 11) is -6.72. The fourth-order valence-electron chi connectivity index (χ4n) is 2.79. The Balaban J connectivity index is 2.04. The van der Waals surface area contributed by atoms with Crippen LogP contribution in [0.2, 0.25) is 0 Å². The molecular formula is C10H20N2O4S2. The summed E-state index contributed by atoms with van der Waals surface area (Å²) < 4.78 is 49.6. The maximum Gasteiger partial charge on any atom is 0.215 e. The van der Waals surface area contributed by atoms with Crippen molar-refractivity contribution in [2.45, 2.75) is 37.0 Å². The van der Waals surface area contributed by atoms with Crippen molar-refractivity contribution < 1.29 is 16.8 Å². The highest BCUT2D eigenvalue weighted by atomic mass is 32.2. The SMILES string of the molecule is NCC1CCCC1NS(=O)(=O)C1CCS(=O)(=O)C1. The molecule has 106 valence electrons. The fraction of sp³-hybridized carbons (Fsp3) is 1.00. The van der Waals surface area contributed by atoms with E-state index >= 15 is 0 Å². The number of sulfonamides is 1. The van der Waals surface area contributed by atoms with Gasteiger partial charge in [0.15, 0.2) is 9.84 Å². The Morgan fingerprint density at radius 1 is 1.22 bits per heavy atom. The molecule has 1 aliphatic carbocycles. The molecule has 0 aromatic rings. The first kappa shape index (κ1) is 14.2. The quantitative estimate of drug-likeness (QED) is 0.708. The van der Waals surface area contributed by atoms with Crippen LogP contribution >= 0.6 is 0 Å². The molecule has 3 unspecified atom stereocenters. The number of rotatable bonds is 4. The van der Waals surface area contributed by atoms with Gasteiger partial charge in [-0.15, -0.1) is 0 Å². The van der Waals surface area contributed by atoms with Gasteiger partial charge in [0.1, 0.15) is 0 Å². The summed E-state index contributed by atoms with van der Waals surface area (Å²) in [5, 5.41) is -0.790. The van der Waals surface area contributed by atoms with E-state index in [0.717, 1.165) is 19.3 Å². The third-order valence-electron chi connectivity index (χ3n) is 3.91. The van der Waals surface area contributed by atoms with E-state index in [4.69, 9.17) is 5.73 Å². The second-order valence-corrected chi connectivity index (χ2v) is 9.44. The highest BCUT2D eigenvalue weighted by molar-refractivity contribution is 7.95. The zero-order chi connectivity index (χ0) is 13.4. The Morgan fingerprint density at radius 3 is 2.50 bits per heavy atom. The summed E-state index contributed by atoms with van der Waals surface area (Å²) in [6.45, 7) is 0.468. The van der Waals surface area contributed by atoms with E-state index < -0.39 is 25.1 Å². The van der Waals surface area contributed by atoms with Crippen LogP contribution in [0.25, 0.3) is 0 Å². The highest BCUT2D eigenvalue weighted by Gasteiger charge is 2.39. The predicted molar refractivity (Wildman–Crippen MR) is 69.3 cm³/mol. The van der Waals surface area contributed by atoms with Crippen LogP contribution in [0.5, 0.6) is 0 Å². The molecule has 1 aliphatic heterocycles. The number of nitrogens with two attached hydrogens (primary N) is 1. The van der Waals surface area contributed by atoms with E-state index in [0.29, 0.717) is 6.54 Å². The van der Waals surface area contributed by atoms with Crippen LogP contribution in [0.3, 0.4) is 0 Å². The van der Waals surface area contributed by atoms with Gasteiger partial charge in [0.2, 0.25) is 10.0 Å². The molecule has 2 rings (SSSR count). The Labute approximate surface area is 108 Å². The molecule has 8 heteroatoms. The molecule has 0 aromatic carbocycles. The molecule has 3 atom stereocenters. The van der Waals surface area contributed by atoms with Crippen molar-refractivity contribution >= 4 is 19.9 Å². The van der Waals surface area contributed by atoms with Crippen LogP contribution in [0.1, 0.15) is 25.7 Å². The first-order valence-electron chi connectivity index (χ1n) is 6.26. The molecule has 0 bridgehead atoms. The Hall–Kier alpha value is -0.180. The molecule has 1 saturated heterocycles. The molecule has 1 saturated carbocycles. The molecule has 0 aromatic heterocycles. The minimum Gasteiger partial charge on any atom is -0.330 e. The molecule has 0 amide bonds. The molecular weight excluding hydrogens is 276 g/mol. The fourth-order valence-corrected chi connectivity index (χ4v) is 7.17. The molecule has 2 aliphatic rings. The first-order valence-corrected chi connectivity index (χ1v) is 9.62. The average molecular weight is 296 g/mol. The number of nitrogens with one attached hydrogen (secondary N) is 1. The molecule has 2 fully saturated rings. The second-order valence-electron chi connectivity index (χ2n) is 5.22. The summed E-state index contributed by atoms with van der Waals surface area (Å²) >= 11 is 0. The smallest absolute Gasteiger partial charge is 0.215 e. The highest BCUT2D eigenvalue weighted by Crippen LogP contribution is 2.27. The standard InChI is InChI=1S/C10H20N2O4S2/c11-6-8-2-1-3-10(8)12-18(15,16)9-4-5-17(13,14)7-9/h8-10,12H,1-7,11H2. The summed E-state index contributed by atoms with van der Waals surface area (Å²) in [6.07, 6.45) is 2.91. The van der Waals surface area contributed by atoms with Gasteiger partial charge in [-0.3, -0.25) is 0 Å². The van der Waals surface area contributed by atoms with Gasteiger partial charge in [-0.25, -0.2) is 21.6 Å². The van der Waals surface area contributed by atoms with Crippen LogP contribution in [-0.4, -0.2) is 46.2 Å². The predicted octanol–water partition coefficient (Wildman–Crippen LogP) is -0.780. The van der Waals surface area contributed by atoms with Gasteiger partial charge in [-0.1, -0.05) is 6.42 Å². The summed E-state index contributed by atoms with van der Waals surface area (Å²) in [5.41, 5.74) is 5.61. The number of hydrogen-bond donors (Lipinski definition) is 2. The number of sulfone groups is 1. The monoisotopic (exact) mass is 296 g/mol. The van der Waals surface area contributed by atoms with E-state index in [1.165, 1.54) is 0 Å². The second kappa shape index (κ2) is 5.07. The normalized spacial score (nSPS) is 35.9. The Kier molecular flexibility index (Phi) is 4.01. The van der Waals surface area contributed by atoms with Gasteiger partial charge in [-0.05, 0) is 31.7 Å². The molecule has 18 heavy (non-hydrogen) atoms. The molecule has 3 N–H and O–H groups in total. The van der Waals surface area contributed by atoms with Gasteiger partial charge < -0.3 is 5.73 Å². The first-order chi connectivity index (χ1) is 8.34. The van der Waals surface area contributed by atoms with Gasteiger partial charge in [0.05, 0.1) is 16.8 Å². The van der Waals surface area contributed by atoms with Crippen molar-refractivity contribution in [1.29, 1.82) is 0 Å². The van der Waals surface area contributed by atoms with Crippen LogP contribution in [0.4, 0.5) is 0 Å². The topological polar surface area (TPSA) is 106 Å². The Bertz CT molecular complexity index is 500. The van der Waals surface area contributed by atoms with Gasteiger partial charge in [0.25, 0.3) is 0 Å². The van der Waals surface area contributed by atoms with Gasteiger partial charge >= 0.3 is 0 Å². The van der Waals surface area contributed by atoms with E-state index in [9.17, 15) is 16.8 Å². The summed E-state index contributed by atoms with van der Waals surface area (Å²) in [5.74, 6) is -0.0934. The average Bonchev–Trinajstić information content (AvgIpc) is 2.84. The van der Waals surface area contributed by atoms with Crippen molar-refractivity contribution in [3.63, 3.8) is 0 Å². The minimum absolute atomic E-state index is 0.0242. The third kappa shape index (κ3) is 3.04. The van der Waals surface area contributed by atoms with Crippen LogP contribution in [-0.2, 0) is 19.9 Å². The lowest BCUT2D eigenvalue weighted by Gasteiger charge is -2.21. The van der Waals surface area contributed by atoms with E-state index in [2.05, 4.69) is 4.72 Å². The Morgan fingerprint density at radius 2 is 1.94 bits per heavy atom. The van der Waals surface area contributed by atoms with Crippen molar-refractivity contribution in [2.24, 2.45) is 11.7 Å². The van der Waals surface area contributed by atoms with E-state index in [1.54, 1.807) is 0 Å². The zero-order valence-electron chi connectivity index (χ0n) is 10.2. The van der Waals surface area contributed by atoms with Crippen molar-refractivity contribution in [3.8, 4) is 0 Å². The molecule has 6 nitrogen and oxygen atoms in total. The zero-order valence-corrected chi connectivity index (χ0v) is 11.8. The van der Waals surface area contributed by atoms with E-state index in [1.807, 2.05) is 0 Å². The maximum atomic E-state index is 12.1. The molecule has 0 radical (unpaired) electrons. The van der Waals surface area contributed by atoms with Crippen molar-refractivity contribution in [3.05, 3.63) is 0 Å². The molecule has 1 heterocycles. The third-order valence-corrected chi connectivity index (χ3v) is 7.80. The van der Waals surface area contributed by atoms with Crippen LogP contribution in [0.15, 0.2) is 0 Å². The van der Waals surface area contributed by atoms with Gasteiger partial charge in [0, 0.05) is 6.04 Å². The van der Waals surface area contributed by atoms with E-state index in [-0.39, 0.29) is 29.9 Å². The molecule has 0 spiro atoms. The summed E-state index contributed by atoms with van der Waals surface area (Å²) in [4.78, 5) is 0. The van der Waals surface area contributed by atoms with Crippen LogP contribution in [0, 0.1) is 5.92 Å². The lowest BCUT2D eigenvalue weighted by Crippen LogP contribution is -2.44. The van der Waals surface area contributed by atoms with Crippen molar-refractivity contribution in [2.75, 3.05) is 18.1 Å². The lowest BCUT2D eigenvalue weighted by molar-refractivity contribution is 0.450.